The summed E-state index contributed by atoms with van der Waals surface area (Å²) in [6.45, 7) is 0. The maximum atomic E-state index is 5.38. The van der Waals surface area contributed by atoms with E-state index in [9.17, 15) is 0 Å². The van der Waals surface area contributed by atoms with Gasteiger partial charge in [-0.15, -0.1) is 0 Å². The lowest BCUT2D eigenvalue weighted by Crippen LogP contribution is -1.85. The molecular formula is C7H6N4S. The third-order valence-electron chi connectivity index (χ3n) is 1.35. The highest BCUT2D eigenvalue weighted by Gasteiger charge is 2.02. The molecule has 0 saturated carbocycles. The predicted molar refractivity (Wildman–Crippen MR) is 47.6 cm³/mol. The van der Waals surface area contributed by atoms with Gasteiger partial charge in [0.05, 0.1) is 0 Å². The molecule has 5 heteroatoms. The molecule has 0 aliphatic heterocycles. The molecule has 0 radical (unpaired) electrons. The first kappa shape index (κ1) is 7.17. The Bertz CT molecular complexity index is 370. The van der Waals surface area contributed by atoms with Crippen molar-refractivity contribution in [2.45, 2.75) is 0 Å². The summed E-state index contributed by atoms with van der Waals surface area (Å²) in [7, 11) is 0. The molecule has 0 aromatic carbocycles. The van der Waals surface area contributed by atoms with E-state index in [0.29, 0.717) is 5.95 Å². The van der Waals surface area contributed by atoms with E-state index in [4.69, 9.17) is 5.73 Å². The van der Waals surface area contributed by atoms with Crippen LogP contribution < -0.4 is 5.73 Å². The van der Waals surface area contributed by atoms with Gasteiger partial charge in [0, 0.05) is 18.0 Å². The van der Waals surface area contributed by atoms with E-state index in [1.165, 1.54) is 11.5 Å². The summed E-state index contributed by atoms with van der Waals surface area (Å²) >= 11 is 1.28. The minimum absolute atomic E-state index is 0.318. The zero-order valence-electron chi connectivity index (χ0n) is 6.14. The van der Waals surface area contributed by atoms with Crippen LogP contribution in [0.25, 0.3) is 10.6 Å². The molecule has 12 heavy (non-hydrogen) atoms. The molecule has 0 aliphatic carbocycles. The van der Waals surface area contributed by atoms with Crippen molar-refractivity contribution < 1.29 is 0 Å². The molecular weight excluding hydrogens is 172 g/mol. The molecule has 0 unspecified atom stereocenters. The Morgan fingerprint density at radius 2 is 2.33 bits per heavy atom. The van der Waals surface area contributed by atoms with Gasteiger partial charge < -0.3 is 5.73 Å². The predicted octanol–water partition coefficient (Wildman–Crippen LogP) is 1.18. The second-order valence-electron chi connectivity index (χ2n) is 2.20. The Kier molecular flexibility index (Phi) is 1.71. The van der Waals surface area contributed by atoms with Crippen molar-refractivity contribution in [3.05, 3.63) is 24.5 Å². The lowest BCUT2D eigenvalue weighted by molar-refractivity contribution is 1.30. The average Bonchev–Trinajstić information content (AvgIpc) is 2.54. The minimum Gasteiger partial charge on any atom is -0.367 e. The van der Waals surface area contributed by atoms with Crippen LogP contribution in [0, 0.1) is 0 Å². The van der Waals surface area contributed by atoms with Crippen LogP contribution in [0.5, 0.6) is 0 Å². The lowest BCUT2D eigenvalue weighted by atomic mass is 10.3. The Hall–Kier alpha value is -1.49. The zero-order valence-corrected chi connectivity index (χ0v) is 6.95. The van der Waals surface area contributed by atoms with Crippen molar-refractivity contribution in [2.24, 2.45) is 0 Å². The quantitative estimate of drug-likeness (QED) is 0.712. The fraction of sp³-hybridized carbons (Fsp3) is 0. The molecule has 0 amide bonds. The van der Waals surface area contributed by atoms with Gasteiger partial charge in [0.1, 0.15) is 5.01 Å². The van der Waals surface area contributed by atoms with E-state index in [0.717, 1.165) is 10.6 Å². The molecule has 2 heterocycles. The number of anilines is 1. The van der Waals surface area contributed by atoms with Gasteiger partial charge in [-0.1, -0.05) is 0 Å². The van der Waals surface area contributed by atoms with Crippen LogP contribution in [0.2, 0.25) is 0 Å². The van der Waals surface area contributed by atoms with E-state index in [2.05, 4.69) is 14.3 Å². The van der Waals surface area contributed by atoms with Gasteiger partial charge in [-0.05, 0) is 23.7 Å². The number of nitrogens with zero attached hydrogens (tertiary/aromatic N) is 3. The molecule has 0 fully saturated rings. The normalized spacial score (nSPS) is 10.0. The molecule has 0 bridgehead atoms. The summed E-state index contributed by atoms with van der Waals surface area (Å²) in [5, 5.41) is 0.806. The molecule has 2 N–H and O–H groups in total. The fourth-order valence-electron chi connectivity index (χ4n) is 0.841. The average molecular weight is 178 g/mol. The minimum atomic E-state index is 0.318. The third kappa shape index (κ3) is 1.26. The van der Waals surface area contributed by atoms with E-state index in [-0.39, 0.29) is 0 Å². The number of hydrogen-bond donors (Lipinski definition) is 1. The summed E-state index contributed by atoms with van der Waals surface area (Å²) in [5.41, 5.74) is 6.33. The van der Waals surface area contributed by atoms with Crippen molar-refractivity contribution in [2.75, 3.05) is 5.73 Å². The van der Waals surface area contributed by atoms with Crippen LogP contribution in [0.4, 0.5) is 5.95 Å². The van der Waals surface area contributed by atoms with Gasteiger partial charge in [0.25, 0.3) is 0 Å². The summed E-state index contributed by atoms with van der Waals surface area (Å²) in [6, 6.07) is 3.78. The van der Waals surface area contributed by atoms with Gasteiger partial charge in [-0.25, -0.2) is 0 Å². The van der Waals surface area contributed by atoms with Gasteiger partial charge >= 0.3 is 0 Å². The summed E-state index contributed by atoms with van der Waals surface area (Å²) in [5.74, 6) is 0.318. The first-order chi connectivity index (χ1) is 5.86. The smallest absolute Gasteiger partial charge is 0.232 e. The monoisotopic (exact) mass is 178 g/mol. The highest BCUT2D eigenvalue weighted by molar-refractivity contribution is 7.09. The number of hydrogen-bond acceptors (Lipinski definition) is 5. The standard InChI is InChI=1S/C7H6N4S/c8-7-10-6(12-11-7)5-2-1-3-9-4-5/h1-4H,(H2,8,11). The topological polar surface area (TPSA) is 64.7 Å². The van der Waals surface area contributed by atoms with E-state index in [1.54, 1.807) is 12.4 Å². The Balaban J connectivity index is 2.45. The number of nitrogens with two attached hydrogens (primary N) is 1. The van der Waals surface area contributed by atoms with Crippen LogP contribution in [-0.2, 0) is 0 Å². The fourth-order valence-corrected chi connectivity index (χ4v) is 1.42. The Morgan fingerprint density at radius 1 is 1.42 bits per heavy atom. The number of pyridine rings is 1. The molecule has 0 spiro atoms. The number of aromatic nitrogens is 3. The summed E-state index contributed by atoms with van der Waals surface area (Å²) < 4.78 is 3.87. The molecule has 4 nitrogen and oxygen atoms in total. The third-order valence-corrected chi connectivity index (χ3v) is 2.13. The highest BCUT2D eigenvalue weighted by Crippen LogP contribution is 2.20. The van der Waals surface area contributed by atoms with Crippen LogP contribution in [-0.4, -0.2) is 14.3 Å². The zero-order chi connectivity index (χ0) is 8.39. The molecule has 60 valence electrons. The van der Waals surface area contributed by atoms with Gasteiger partial charge in [0.15, 0.2) is 0 Å². The highest BCUT2D eigenvalue weighted by atomic mass is 32.1. The Labute approximate surface area is 73.3 Å². The largest absolute Gasteiger partial charge is 0.367 e. The van der Waals surface area contributed by atoms with Crippen molar-refractivity contribution in [1.29, 1.82) is 0 Å². The number of rotatable bonds is 1. The lowest BCUT2D eigenvalue weighted by Gasteiger charge is -1.90. The van der Waals surface area contributed by atoms with Gasteiger partial charge in [-0.3, -0.25) is 4.98 Å². The van der Waals surface area contributed by atoms with E-state index in [1.807, 2.05) is 12.1 Å². The molecule has 2 aromatic heterocycles. The van der Waals surface area contributed by atoms with Crippen molar-refractivity contribution in [3.63, 3.8) is 0 Å². The summed E-state index contributed by atoms with van der Waals surface area (Å²) in [4.78, 5) is 7.99. The first-order valence-corrected chi connectivity index (χ1v) is 4.13. The van der Waals surface area contributed by atoms with Crippen molar-refractivity contribution in [3.8, 4) is 10.6 Å². The van der Waals surface area contributed by atoms with Crippen molar-refractivity contribution >= 4 is 17.5 Å². The molecule has 0 atom stereocenters. The number of nitrogen functional groups attached to an aromatic ring is 1. The van der Waals surface area contributed by atoms with Gasteiger partial charge in [0.2, 0.25) is 5.95 Å². The molecule has 0 aliphatic rings. The molecule has 0 saturated heterocycles. The second kappa shape index (κ2) is 2.86. The first-order valence-electron chi connectivity index (χ1n) is 3.36. The van der Waals surface area contributed by atoms with Crippen LogP contribution in [0.3, 0.4) is 0 Å². The Morgan fingerprint density at radius 3 is 2.92 bits per heavy atom. The van der Waals surface area contributed by atoms with Crippen LogP contribution in [0.15, 0.2) is 24.5 Å². The molecule has 2 aromatic rings. The van der Waals surface area contributed by atoms with E-state index < -0.39 is 0 Å². The SMILES string of the molecule is Nc1nsc(-c2cccnc2)n1. The van der Waals surface area contributed by atoms with E-state index >= 15 is 0 Å². The van der Waals surface area contributed by atoms with Crippen LogP contribution >= 0.6 is 11.5 Å². The van der Waals surface area contributed by atoms with Gasteiger partial charge in [-0.2, -0.15) is 9.36 Å². The van der Waals surface area contributed by atoms with Crippen molar-refractivity contribution in [1.82, 2.24) is 14.3 Å². The maximum Gasteiger partial charge on any atom is 0.232 e. The van der Waals surface area contributed by atoms with Crippen LogP contribution in [0.1, 0.15) is 0 Å². The molecule has 2 rings (SSSR count). The summed E-state index contributed by atoms with van der Waals surface area (Å²) in [6.07, 6.45) is 3.45. The second-order valence-corrected chi connectivity index (χ2v) is 2.95. The maximum absolute atomic E-state index is 5.38.